The molecule has 0 aliphatic heterocycles. The monoisotopic (exact) mass is 240 g/mol. The first kappa shape index (κ1) is 17.7. The van der Waals surface area contributed by atoms with Crippen molar-refractivity contribution in [2.24, 2.45) is 0 Å². The lowest BCUT2D eigenvalue weighted by Gasteiger charge is -2.01. The Hall–Kier alpha value is -1.68. The first-order valence-electron chi connectivity index (χ1n) is 5.41. The quantitative estimate of drug-likeness (QED) is 0.496. The molecule has 0 fully saturated rings. The fraction of sp³-hybridized carbons (Fsp3) is 0.385. The van der Waals surface area contributed by atoms with E-state index >= 15 is 0 Å². The molecule has 0 aromatic heterocycles. The van der Waals surface area contributed by atoms with Crippen molar-refractivity contribution in [1.82, 2.24) is 0 Å². The van der Waals surface area contributed by atoms with E-state index < -0.39 is 5.97 Å². The van der Waals surface area contributed by atoms with Gasteiger partial charge in [0.05, 0.1) is 0 Å². The van der Waals surface area contributed by atoms with Crippen LogP contribution in [0.25, 0.3) is 0 Å². The molecular weight excluding hydrogens is 220 g/mol. The van der Waals surface area contributed by atoms with E-state index in [2.05, 4.69) is 0 Å². The molecule has 0 radical (unpaired) electrons. The Morgan fingerprint density at radius 3 is 2.24 bits per heavy atom. The molecule has 96 valence electrons. The van der Waals surface area contributed by atoms with Crippen LogP contribution in [-0.4, -0.2) is 24.5 Å². The number of hydrogen-bond acceptors (Lipinski definition) is 4. The molecule has 0 aliphatic carbocycles. The van der Waals surface area contributed by atoms with E-state index in [9.17, 15) is 9.59 Å². The van der Waals surface area contributed by atoms with Gasteiger partial charge in [0.2, 0.25) is 0 Å². The summed E-state index contributed by atoms with van der Waals surface area (Å²) in [5.41, 5.74) is 0.918. The van der Waals surface area contributed by atoms with Crippen LogP contribution in [0.15, 0.2) is 30.3 Å². The number of ether oxygens (including phenoxy) is 1. The normalized spacial score (nSPS) is 7.76. The lowest BCUT2D eigenvalue weighted by molar-refractivity contribution is -0.145. The van der Waals surface area contributed by atoms with Gasteiger partial charge in [-0.15, -0.1) is 0 Å². The fourth-order valence-electron chi connectivity index (χ4n) is 0.865. The maximum Gasteiger partial charge on any atom is 0.313 e. The van der Waals surface area contributed by atoms with Crippen LogP contribution in [0, 0.1) is 0 Å². The summed E-state index contributed by atoms with van der Waals surface area (Å²) in [4.78, 5) is 20.7. The predicted molar refractivity (Wildman–Crippen MR) is 66.4 cm³/mol. The van der Waals surface area contributed by atoms with Crippen molar-refractivity contribution in [3.8, 4) is 0 Å². The van der Waals surface area contributed by atoms with E-state index in [1.807, 2.05) is 44.2 Å². The number of benzene rings is 1. The molecule has 1 aromatic rings. The Morgan fingerprint density at radius 1 is 1.24 bits per heavy atom. The topological polar surface area (TPSA) is 63.6 Å². The van der Waals surface area contributed by atoms with Crippen LogP contribution in [0.3, 0.4) is 0 Å². The van der Waals surface area contributed by atoms with Crippen molar-refractivity contribution in [3.63, 3.8) is 0 Å². The first-order valence-corrected chi connectivity index (χ1v) is 5.41. The first-order chi connectivity index (χ1) is 8.33. The van der Waals surface area contributed by atoms with E-state index in [1.54, 1.807) is 0 Å². The van der Waals surface area contributed by atoms with Gasteiger partial charge in [-0.2, -0.15) is 0 Å². The highest BCUT2D eigenvalue weighted by molar-refractivity contribution is 5.83. The molecule has 4 nitrogen and oxygen atoms in total. The smallest absolute Gasteiger partial charge is 0.313 e. The maximum absolute atomic E-state index is 10.8. The largest absolute Gasteiger partial charge is 0.460 e. The third kappa shape index (κ3) is 10.6. The Bertz CT molecular complexity index is 283. The van der Waals surface area contributed by atoms with Crippen molar-refractivity contribution in [2.75, 3.05) is 7.11 Å². The van der Waals surface area contributed by atoms with Crippen LogP contribution in [0.5, 0.6) is 0 Å². The van der Waals surface area contributed by atoms with E-state index in [0.717, 1.165) is 12.7 Å². The van der Waals surface area contributed by atoms with Crippen molar-refractivity contribution >= 4 is 12.3 Å². The molecule has 0 spiro atoms. The van der Waals surface area contributed by atoms with Crippen molar-refractivity contribution in [1.29, 1.82) is 0 Å². The summed E-state index contributed by atoms with van der Waals surface area (Å²) in [6.07, 6.45) is 0.361. The summed E-state index contributed by atoms with van der Waals surface area (Å²) in [5, 5.41) is 7.00. The summed E-state index contributed by atoms with van der Waals surface area (Å²) < 4.78 is 4.80. The lowest BCUT2D eigenvalue weighted by atomic mass is 10.2. The average molecular weight is 240 g/mol. The van der Waals surface area contributed by atoms with E-state index in [1.165, 1.54) is 0 Å². The zero-order valence-corrected chi connectivity index (χ0v) is 10.6. The fourth-order valence-corrected chi connectivity index (χ4v) is 0.865. The molecule has 1 N–H and O–H groups in total. The van der Waals surface area contributed by atoms with Gasteiger partial charge in [-0.25, -0.2) is 0 Å². The summed E-state index contributed by atoms with van der Waals surface area (Å²) >= 11 is 0. The maximum atomic E-state index is 10.8. The number of esters is 1. The van der Waals surface area contributed by atoms with Gasteiger partial charge in [-0.3, -0.25) is 4.79 Å². The SMILES string of the molecule is CC.CO.O=CCC(=O)OCc1ccccc1. The molecule has 0 atom stereocenters. The molecule has 0 amide bonds. The van der Waals surface area contributed by atoms with E-state index in [-0.39, 0.29) is 13.0 Å². The molecule has 0 unspecified atom stereocenters. The van der Waals surface area contributed by atoms with Gasteiger partial charge < -0.3 is 14.6 Å². The Balaban J connectivity index is 0. The van der Waals surface area contributed by atoms with Crippen molar-refractivity contribution in [2.45, 2.75) is 26.9 Å². The van der Waals surface area contributed by atoms with Crippen LogP contribution in [0.2, 0.25) is 0 Å². The van der Waals surface area contributed by atoms with Gasteiger partial charge in [0, 0.05) is 7.11 Å². The Morgan fingerprint density at radius 2 is 1.76 bits per heavy atom. The minimum atomic E-state index is -0.487. The van der Waals surface area contributed by atoms with Crippen LogP contribution in [-0.2, 0) is 20.9 Å². The second kappa shape index (κ2) is 14.3. The molecule has 1 aromatic carbocycles. The highest BCUT2D eigenvalue weighted by Crippen LogP contribution is 2.00. The number of carbonyl (C=O) groups is 2. The third-order valence-corrected chi connectivity index (χ3v) is 1.49. The van der Waals surface area contributed by atoms with Gasteiger partial charge in [0.25, 0.3) is 0 Å². The molecule has 0 aliphatic rings. The lowest BCUT2D eigenvalue weighted by Crippen LogP contribution is -2.04. The number of aliphatic hydroxyl groups excluding tert-OH is 1. The molecule has 0 saturated carbocycles. The number of aliphatic hydroxyl groups is 1. The number of aldehydes is 1. The van der Waals surface area contributed by atoms with Gasteiger partial charge in [0.1, 0.15) is 19.3 Å². The molecule has 0 saturated heterocycles. The zero-order chi connectivity index (χ0) is 13.5. The highest BCUT2D eigenvalue weighted by atomic mass is 16.5. The van der Waals surface area contributed by atoms with Crippen LogP contribution in [0.4, 0.5) is 0 Å². The minimum Gasteiger partial charge on any atom is -0.460 e. The second-order valence-electron chi connectivity index (χ2n) is 2.52. The molecule has 0 bridgehead atoms. The summed E-state index contributed by atoms with van der Waals surface area (Å²) in [5.74, 6) is -0.487. The van der Waals surface area contributed by atoms with Gasteiger partial charge in [0.15, 0.2) is 0 Å². The molecule has 1 rings (SSSR count). The molecule has 4 heteroatoms. The number of rotatable bonds is 4. The summed E-state index contributed by atoms with van der Waals surface area (Å²) in [6.45, 7) is 4.23. The Kier molecular flexibility index (Phi) is 14.9. The zero-order valence-electron chi connectivity index (χ0n) is 10.6. The van der Waals surface area contributed by atoms with E-state index in [4.69, 9.17) is 9.84 Å². The standard InChI is InChI=1S/C10H10O3.C2H6.CH4O/c11-7-6-10(12)13-8-9-4-2-1-3-5-9;2*1-2/h1-5,7H,6,8H2;1-2H3;2H,1H3. The predicted octanol–water partition coefficient (Wildman–Crippen LogP) is 1.95. The van der Waals surface area contributed by atoms with Gasteiger partial charge in [-0.1, -0.05) is 44.2 Å². The molecular formula is C13H20O4. The van der Waals surface area contributed by atoms with Crippen LogP contribution in [0.1, 0.15) is 25.8 Å². The van der Waals surface area contributed by atoms with Crippen molar-refractivity contribution in [3.05, 3.63) is 35.9 Å². The molecule has 17 heavy (non-hydrogen) atoms. The van der Waals surface area contributed by atoms with Gasteiger partial charge in [-0.05, 0) is 5.56 Å². The third-order valence-electron chi connectivity index (χ3n) is 1.49. The van der Waals surface area contributed by atoms with Crippen molar-refractivity contribution < 1.29 is 19.4 Å². The Labute approximate surface area is 102 Å². The molecule has 0 heterocycles. The summed E-state index contributed by atoms with van der Waals surface area (Å²) in [7, 11) is 1.00. The van der Waals surface area contributed by atoms with E-state index in [0.29, 0.717) is 6.29 Å². The average Bonchev–Trinajstić information content (AvgIpc) is 2.43. The number of hydrogen-bond donors (Lipinski definition) is 1. The minimum absolute atomic E-state index is 0.174. The van der Waals surface area contributed by atoms with Gasteiger partial charge >= 0.3 is 5.97 Å². The highest BCUT2D eigenvalue weighted by Gasteiger charge is 2.00. The van der Waals surface area contributed by atoms with Crippen LogP contribution >= 0.6 is 0 Å². The second-order valence-corrected chi connectivity index (χ2v) is 2.52. The summed E-state index contributed by atoms with van der Waals surface area (Å²) in [6, 6.07) is 9.32. The van der Waals surface area contributed by atoms with Crippen LogP contribution < -0.4 is 0 Å². The number of carbonyl (C=O) groups excluding carboxylic acids is 2.